The molecule has 0 atom stereocenters. The largest absolute Gasteiger partial charge is 0.0651 e. The van der Waals surface area contributed by atoms with Gasteiger partial charge in [-0.3, -0.25) is 0 Å². The lowest BCUT2D eigenvalue weighted by Gasteiger charge is -2.21. The van der Waals surface area contributed by atoms with Crippen LogP contribution in [-0.4, -0.2) is 0 Å². The minimum Gasteiger partial charge on any atom is -0.0651 e. The summed E-state index contributed by atoms with van der Waals surface area (Å²) in [5.41, 5.74) is 3.08. The Hall–Kier alpha value is -0.780. The molecule has 0 aliphatic heterocycles. The second-order valence-corrected chi connectivity index (χ2v) is 5.61. The summed E-state index contributed by atoms with van der Waals surface area (Å²) in [6.07, 6.45) is 12.6. The van der Waals surface area contributed by atoms with Crippen LogP contribution >= 0.6 is 0 Å². The molecule has 0 heterocycles. The Balaban J connectivity index is 1.83. The topological polar surface area (TPSA) is 0 Å². The third-order valence-corrected chi connectivity index (χ3v) is 4.10. The fraction of sp³-hybridized carbons (Fsp3) is 0.647. The van der Waals surface area contributed by atoms with Crippen LogP contribution in [0, 0.1) is 5.92 Å². The van der Waals surface area contributed by atoms with Crippen LogP contribution in [0.5, 0.6) is 0 Å². The van der Waals surface area contributed by atoms with Gasteiger partial charge in [0.25, 0.3) is 0 Å². The van der Waals surface area contributed by atoms with E-state index in [9.17, 15) is 0 Å². The van der Waals surface area contributed by atoms with Crippen molar-refractivity contribution in [3.63, 3.8) is 0 Å². The lowest BCUT2D eigenvalue weighted by Crippen LogP contribution is -2.07. The number of benzene rings is 1. The fourth-order valence-electron chi connectivity index (χ4n) is 3.08. The first-order chi connectivity index (χ1) is 8.38. The molecule has 94 valence electrons. The number of hydrogen-bond donors (Lipinski definition) is 0. The molecule has 0 amide bonds. The van der Waals surface area contributed by atoms with Gasteiger partial charge in [-0.05, 0) is 36.3 Å². The van der Waals surface area contributed by atoms with Crippen molar-refractivity contribution in [3.8, 4) is 0 Å². The summed E-state index contributed by atoms with van der Waals surface area (Å²) in [7, 11) is 0. The lowest BCUT2D eigenvalue weighted by molar-refractivity contribution is 0.339. The molecule has 0 N–H and O–H groups in total. The highest BCUT2D eigenvalue weighted by atomic mass is 14.2. The Morgan fingerprint density at radius 1 is 1.00 bits per heavy atom. The summed E-state index contributed by atoms with van der Waals surface area (Å²) in [5.74, 6) is 1.01. The van der Waals surface area contributed by atoms with E-state index in [0.717, 1.165) is 5.92 Å². The molecule has 1 saturated carbocycles. The van der Waals surface area contributed by atoms with Crippen molar-refractivity contribution in [1.82, 2.24) is 0 Å². The first-order valence-corrected chi connectivity index (χ1v) is 7.46. The van der Waals surface area contributed by atoms with E-state index in [4.69, 9.17) is 0 Å². The Kier molecular flexibility index (Phi) is 5.09. The second-order valence-electron chi connectivity index (χ2n) is 5.61. The van der Waals surface area contributed by atoms with E-state index in [1.54, 1.807) is 5.56 Å². The molecule has 1 aromatic carbocycles. The summed E-state index contributed by atoms with van der Waals surface area (Å²) in [4.78, 5) is 0. The summed E-state index contributed by atoms with van der Waals surface area (Å²) in [5, 5.41) is 0. The molecule has 1 fully saturated rings. The molecule has 0 unspecified atom stereocenters. The molecule has 1 aliphatic rings. The Morgan fingerprint density at radius 3 is 2.41 bits per heavy atom. The van der Waals surface area contributed by atoms with Gasteiger partial charge in [0.15, 0.2) is 0 Å². The average Bonchev–Trinajstić information content (AvgIpc) is 2.39. The monoisotopic (exact) mass is 230 g/mol. The maximum absolute atomic E-state index is 2.42. The third kappa shape index (κ3) is 4.18. The van der Waals surface area contributed by atoms with Crippen LogP contribution in [0.3, 0.4) is 0 Å². The van der Waals surface area contributed by atoms with Crippen LogP contribution in [0.4, 0.5) is 0 Å². The van der Waals surface area contributed by atoms with Crippen LogP contribution in [0.15, 0.2) is 24.3 Å². The molecule has 0 bridgehead atoms. The van der Waals surface area contributed by atoms with Gasteiger partial charge in [-0.1, -0.05) is 69.7 Å². The lowest BCUT2D eigenvalue weighted by atomic mass is 9.85. The van der Waals surface area contributed by atoms with E-state index in [1.807, 2.05) is 0 Å². The van der Waals surface area contributed by atoms with E-state index < -0.39 is 0 Å². The summed E-state index contributed by atoms with van der Waals surface area (Å²) < 4.78 is 0. The first kappa shape index (κ1) is 12.7. The van der Waals surface area contributed by atoms with Crippen molar-refractivity contribution in [1.29, 1.82) is 0 Å². The molecule has 0 nitrogen and oxygen atoms in total. The predicted octanol–water partition coefficient (Wildman–Crippen LogP) is 5.15. The molecule has 0 aromatic heterocycles. The number of aryl methyl sites for hydroxylation is 2. The first-order valence-electron chi connectivity index (χ1n) is 7.46. The zero-order valence-corrected chi connectivity index (χ0v) is 11.3. The van der Waals surface area contributed by atoms with Crippen molar-refractivity contribution < 1.29 is 0 Å². The average molecular weight is 230 g/mol. The summed E-state index contributed by atoms with van der Waals surface area (Å²) in [6.45, 7) is 2.26. The van der Waals surface area contributed by atoms with E-state index >= 15 is 0 Å². The van der Waals surface area contributed by atoms with Gasteiger partial charge in [-0.2, -0.15) is 0 Å². The van der Waals surface area contributed by atoms with E-state index in [-0.39, 0.29) is 0 Å². The van der Waals surface area contributed by atoms with Crippen LogP contribution < -0.4 is 0 Å². The molecule has 0 heteroatoms. The molecular formula is C17H26. The van der Waals surface area contributed by atoms with Crippen molar-refractivity contribution >= 4 is 0 Å². The van der Waals surface area contributed by atoms with Gasteiger partial charge in [0.05, 0.1) is 0 Å². The van der Waals surface area contributed by atoms with Crippen molar-refractivity contribution in [2.45, 2.75) is 64.7 Å². The molecule has 17 heavy (non-hydrogen) atoms. The smallest absolute Gasteiger partial charge is 0.0276 e. The molecule has 0 spiro atoms. The van der Waals surface area contributed by atoms with Gasteiger partial charge in [0.1, 0.15) is 0 Å². The Morgan fingerprint density at radius 2 is 1.71 bits per heavy atom. The predicted molar refractivity (Wildman–Crippen MR) is 75.3 cm³/mol. The van der Waals surface area contributed by atoms with E-state index in [2.05, 4.69) is 31.2 Å². The zero-order valence-electron chi connectivity index (χ0n) is 11.3. The van der Waals surface area contributed by atoms with Crippen LogP contribution in [-0.2, 0) is 12.8 Å². The van der Waals surface area contributed by atoms with Gasteiger partial charge in [-0.15, -0.1) is 0 Å². The van der Waals surface area contributed by atoms with Crippen LogP contribution in [0.1, 0.15) is 63.0 Å². The number of rotatable bonds is 5. The molecule has 0 radical (unpaired) electrons. The highest BCUT2D eigenvalue weighted by Gasteiger charge is 2.12. The maximum atomic E-state index is 2.42. The highest BCUT2D eigenvalue weighted by molar-refractivity contribution is 5.23. The van der Waals surface area contributed by atoms with Gasteiger partial charge in [0.2, 0.25) is 0 Å². The van der Waals surface area contributed by atoms with Crippen LogP contribution in [0.2, 0.25) is 0 Å². The van der Waals surface area contributed by atoms with Crippen molar-refractivity contribution in [2.75, 3.05) is 0 Å². The molecule has 1 aliphatic carbocycles. The summed E-state index contributed by atoms with van der Waals surface area (Å²) >= 11 is 0. The summed E-state index contributed by atoms with van der Waals surface area (Å²) in [6, 6.07) is 9.24. The SMILES string of the molecule is CCCc1cccc(CCC2CCCCC2)c1. The normalized spacial score (nSPS) is 17.2. The molecule has 1 aromatic rings. The quantitative estimate of drug-likeness (QED) is 0.656. The van der Waals surface area contributed by atoms with Gasteiger partial charge in [-0.25, -0.2) is 0 Å². The minimum atomic E-state index is 1.01. The van der Waals surface area contributed by atoms with Crippen molar-refractivity contribution in [2.24, 2.45) is 5.92 Å². The fourth-order valence-corrected chi connectivity index (χ4v) is 3.08. The van der Waals surface area contributed by atoms with Crippen molar-refractivity contribution in [3.05, 3.63) is 35.4 Å². The van der Waals surface area contributed by atoms with Gasteiger partial charge in [0, 0.05) is 0 Å². The molecule has 0 saturated heterocycles. The third-order valence-electron chi connectivity index (χ3n) is 4.10. The zero-order chi connectivity index (χ0) is 11.9. The standard InChI is InChI=1S/C17H26/c1-2-7-16-10-6-11-17(14-16)13-12-15-8-4-3-5-9-15/h6,10-11,14-15H,2-5,7-9,12-13H2,1H3. The van der Waals surface area contributed by atoms with E-state index in [1.165, 1.54) is 63.4 Å². The minimum absolute atomic E-state index is 1.01. The van der Waals surface area contributed by atoms with Gasteiger partial charge >= 0.3 is 0 Å². The number of hydrogen-bond acceptors (Lipinski definition) is 0. The maximum Gasteiger partial charge on any atom is -0.0276 e. The highest BCUT2D eigenvalue weighted by Crippen LogP contribution is 2.27. The van der Waals surface area contributed by atoms with Gasteiger partial charge < -0.3 is 0 Å². The van der Waals surface area contributed by atoms with Crippen LogP contribution in [0.25, 0.3) is 0 Å². The molecule has 2 rings (SSSR count). The second kappa shape index (κ2) is 6.83. The molecular weight excluding hydrogens is 204 g/mol. The Bertz CT molecular complexity index is 321. The van der Waals surface area contributed by atoms with E-state index in [0.29, 0.717) is 0 Å². The Labute approximate surface area is 106 Å².